The number of hydrogen-bond acceptors (Lipinski definition) is 2. The van der Waals surface area contributed by atoms with Crippen LogP contribution in [0.2, 0.25) is 0 Å². The van der Waals surface area contributed by atoms with Crippen LogP contribution in [0.4, 0.5) is 14.5 Å². The van der Waals surface area contributed by atoms with Gasteiger partial charge in [-0.1, -0.05) is 26.3 Å². The van der Waals surface area contributed by atoms with E-state index in [1.54, 1.807) is 0 Å². The maximum Gasteiger partial charge on any atom is 0.149 e. The summed E-state index contributed by atoms with van der Waals surface area (Å²) < 4.78 is 27.9. The number of anilines is 1. The fraction of sp³-hybridized carbons (Fsp3) is 0.600. The van der Waals surface area contributed by atoms with Crippen LogP contribution in [0.5, 0.6) is 0 Å². The molecule has 0 spiro atoms. The molecule has 106 valence electrons. The molecule has 0 aromatic heterocycles. The molecule has 1 fully saturated rings. The van der Waals surface area contributed by atoms with Crippen molar-refractivity contribution in [2.75, 3.05) is 18.0 Å². The highest BCUT2D eigenvalue weighted by Gasteiger charge is 2.29. The lowest BCUT2D eigenvalue weighted by Crippen LogP contribution is -2.56. The summed E-state index contributed by atoms with van der Waals surface area (Å²) in [5.41, 5.74) is 0.136. The van der Waals surface area contributed by atoms with E-state index in [9.17, 15) is 8.78 Å². The molecule has 1 aliphatic rings. The zero-order valence-corrected chi connectivity index (χ0v) is 11.6. The average molecular weight is 268 g/mol. The normalized spacial score (nSPS) is 23.7. The minimum absolute atomic E-state index is 0.136. The molecule has 1 aromatic rings. The molecular weight excluding hydrogens is 246 g/mol. The molecule has 0 bridgehead atoms. The van der Waals surface area contributed by atoms with Crippen molar-refractivity contribution in [1.29, 1.82) is 0 Å². The molecule has 1 aliphatic heterocycles. The largest absolute Gasteiger partial charge is 0.361 e. The smallest absolute Gasteiger partial charge is 0.149 e. The number of benzene rings is 1. The van der Waals surface area contributed by atoms with Crippen LogP contribution in [0.3, 0.4) is 0 Å². The van der Waals surface area contributed by atoms with Crippen LogP contribution in [0.15, 0.2) is 18.2 Å². The lowest BCUT2D eigenvalue weighted by molar-refractivity contribution is 0.362. The van der Waals surface area contributed by atoms with Gasteiger partial charge in [-0.25, -0.2) is 8.78 Å². The second-order valence-corrected chi connectivity index (χ2v) is 5.18. The predicted octanol–water partition coefficient (Wildman–Crippen LogP) is 3.32. The van der Waals surface area contributed by atoms with Crippen molar-refractivity contribution in [2.45, 2.75) is 45.2 Å². The second kappa shape index (κ2) is 6.33. The first-order valence-corrected chi connectivity index (χ1v) is 7.11. The van der Waals surface area contributed by atoms with Crippen LogP contribution >= 0.6 is 0 Å². The van der Waals surface area contributed by atoms with E-state index in [0.29, 0.717) is 12.6 Å². The van der Waals surface area contributed by atoms with Gasteiger partial charge in [0.25, 0.3) is 0 Å². The standard InChI is InChI=1S/C15H22F2N2/c1-3-6-11-10-19(12(4-2)9-18-11)15-13(16)7-5-8-14(15)17/h5,7-8,11-12,18H,3-4,6,9-10H2,1-2H3. The van der Waals surface area contributed by atoms with E-state index in [1.807, 2.05) is 4.90 Å². The number of nitrogens with one attached hydrogen (secondary N) is 1. The Morgan fingerprint density at radius 2 is 1.95 bits per heavy atom. The second-order valence-electron chi connectivity index (χ2n) is 5.18. The van der Waals surface area contributed by atoms with Crippen LogP contribution in [-0.2, 0) is 0 Å². The first kappa shape index (κ1) is 14.3. The molecule has 0 saturated carbocycles. The highest BCUT2D eigenvalue weighted by Crippen LogP contribution is 2.28. The Morgan fingerprint density at radius 3 is 2.53 bits per heavy atom. The van der Waals surface area contributed by atoms with E-state index in [2.05, 4.69) is 19.2 Å². The maximum atomic E-state index is 14.0. The van der Waals surface area contributed by atoms with Crippen molar-refractivity contribution in [3.8, 4) is 0 Å². The van der Waals surface area contributed by atoms with Crippen molar-refractivity contribution < 1.29 is 8.78 Å². The third kappa shape index (κ3) is 3.06. The Labute approximate surface area is 113 Å². The van der Waals surface area contributed by atoms with Gasteiger partial charge in [-0.3, -0.25) is 0 Å². The van der Waals surface area contributed by atoms with E-state index in [0.717, 1.165) is 25.8 Å². The zero-order chi connectivity index (χ0) is 13.8. The molecule has 1 heterocycles. The summed E-state index contributed by atoms with van der Waals surface area (Å²) in [6.45, 7) is 5.64. The van der Waals surface area contributed by atoms with Crippen LogP contribution in [-0.4, -0.2) is 25.2 Å². The summed E-state index contributed by atoms with van der Waals surface area (Å²) in [5.74, 6) is -0.925. The molecule has 1 saturated heterocycles. The SMILES string of the molecule is CCCC1CN(c2c(F)cccc2F)C(CC)CN1. The van der Waals surface area contributed by atoms with Crippen molar-refractivity contribution in [3.63, 3.8) is 0 Å². The topological polar surface area (TPSA) is 15.3 Å². The van der Waals surface area contributed by atoms with Crippen molar-refractivity contribution in [3.05, 3.63) is 29.8 Å². The van der Waals surface area contributed by atoms with Gasteiger partial charge in [0.05, 0.1) is 0 Å². The quantitative estimate of drug-likeness (QED) is 0.901. The number of para-hydroxylation sites is 1. The average Bonchev–Trinajstić information content (AvgIpc) is 2.39. The zero-order valence-electron chi connectivity index (χ0n) is 11.6. The molecule has 4 heteroatoms. The van der Waals surface area contributed by atoms with Crippen LogP contribution in [0, 0.1) is 11.6 Å². The van der Waals surface area contributed by atoms with Gasteiger partial charge < -0.3 is 10.2 Å². The lowest BCUT2D eigenvalue weighted by atomic mass is 10.0. The van der Waals surface area contributed by atoms with Crippen LogP contribution < -0.4 is 10.2 Å². The van der Waals surface area contributed by atoms with Gasteiger partial charge in [0.15, 0.2) is 0 Å². The molecule has 2 atom stereocenters. The molecule has 2 unspecified atom stereocenters. The van der Waals surface area contributed by atoms with E-state index >= 15 is 0 Å². The third-order valence-corrected chi connectivity index (χ3v) is 3.83. The van der Waals surface area contributed by atoms with E-state index in [-0.39, 0.29) is 11.7 Å². The Morgan fingerprint density at radius 1 is 1.26 bits per heavy atom. The predicted molar refractivity (Wildman–Crippen MR) is 74.5 cm³/mol. The summed E-state index contributed by atoms with van der Waals surface area (Å²) >= 11 is 0. The Kier molecular flexibility index (Phi) is 4.75. The summed E-state index contributed by atoms with van der Waals surface area (Å²) in [5, 5.41) is 3.47. The lowest BCUT2D eigenvalue weighted by Gasteiger charge is -2.42. The Bertz CT molecular complexity index is 402. The number of rotatable bonds is 4. The van der Waals surface area contributed by atoms with Crippen molar-refractivity contribution in [2.24, 2.45) is 0 Å². The summed E-state index contributed by atoms with van der Waals surface area (Å²) in [6.07, 6.45) is 2.98. The molecule has 2 nitrogen and oxygen atoms in total. The number of hydrogen-bond donors (Lipinski definition) is 1. The maximum absolute atomic E-state index is 14.0. The first-order valence-electron chi connectivity index (χ1n) is 7.11. The van der Waals surface area contributed by atoms with Crippen molar-refractivity contribution >= 4 is 5.69 Å². The van der Waals surface area contributed by atoms with Gasteiger partial charge in [0, 0.05) is 25.2 Å². The van der Waals surface area contributed by atoms with Crippen LogP contribution in [0.25, 0.3) is 0 Å². The van der Waals surface area contributed by atoms with E-state index in [1.165, 1.54) is 18.2 Å². The molecular formula is C15H22F2N2. The highest BCUT2D eigenvalue weighted by atomic mass is 19.1. The fourth-order valence-corrected chi connectivity index (χ4v) is 2.81. The minimum Gasteiger partial charge on any atom is -0.361 e. The van der Waals surface area contributed by atoms with Gasteiger partial charge in [-0.05, 0) is 25.0 Å². The molecule has 1 aromatic carbocycles. The van der Waals surface area contributed by atoms with Gasteiger partial charge in [-0.2, -0.15) is 0 Å². The van der Waals surface area contributed by atoms with Gasteiger partial charge in [0.1, 0.15) is 17.3 Å². The number of halogens is 2. The summed E-state index contributed by atoms with van der Waals surface area (Å²) in [6, 6.07) is 4.55. The van der Waals surface area contributed by atoms with E-state index < -0.39 is 11.6 Å². The molecule has 1 N–H and O–H groups in total. The molecule has 0 radical (unpaired) electrons. The Balaban J connectivity index is 2.27. The van der Waals surface area contributed by atoms with Gasteiger partial charge >= 0.3 is 0 Å². The molecule has 2 rings (SSSR count). The first-order chi connectivity index (χ1) is 9.17. The summed E-state index contributed by atoms with van der Waals surface area (Å²) in [7, 11) is 0. The Hall–Kier alpha value is -1.16. The fourth-order valence-electron chi connectivity index (χ4n) is 2.81. The van der Waals surface area contributed by atoms with Gasteiger partial charge in [0.2, 0.25) is 0 Å². The van der Waals surface area contributed by atoms with E-state index in [4.69, 9.17) is 0 Å². The number of nitrogens with zero attached hydrogens (tertiary/aromatic N) is 1. The summed E-state index contributed by atoms with van der Waals surface area (Å²) in [4.78, 5) is 1.90. The van der Waals surface area contributed by atoms with Gasteiger partial charge in [-0.15, -0.1) is 0 Å². The number of piperazine rings is 1. The monoisotopic (exact) mass is 268 g/mol. The van der Waals surface area contributed by atoms with Crippen LogP contribution in [0.1, 0.15) is 33.1 Å². The molecule has 0 aliphatic carbocycles. The third-order valence-electron chi connectivity index (χ3n) is 3.83. The highest BCUT2D eigenvalue weighted by molar-refractivity contribution is 5.51. The molecule has 0 amide bonds. The molecule has 19 heavy (non-hydrogen) atoms. The van der Waals surface area contributed by atoms with Crippen molar-refractivity contribution in [1.82, 2.24) is 5.32 Å². The minimum atomic E-state index is -0.462.